The molecule has 0 atom stereocenters. The number of hydrogen-bond donors (Lipinski definition) is 1. The van der Waals surface area contributed by atoms with Crippen LogP contribution in [0.25, 0.3) is 0 Å². The Morgan fingerprint density at radius 1 is 1.33 bits per heavy atom. The summed E-state index contributed by atoms with van der Waals surface area (Å²) in [7, 11) is 0. The van der Waals surface area contributed by atoms with Crippen LogP contribution in [0.15, 0.2) is 11.6 Å². The molecule has 1 N–H and O–H groups in total. The molecule has 18 heavy (non-hydrogen) atoms. The van der Waals surface area contributed by atoms with E-state index >= 15 is 0 Å². The number of nitrogens with zero attached hydrogens (tertiary/aromatic N) is 1. The average Bonchev–Trinajstić information content (AvgIpc) is 2.27. The first-order chi connectivity index (χ1) is 8.39. The van der Waals surface area contributed by atoms with Crippen molar-refractivity contribution in [3.05, 3.63) is 11.6 Å². The van der Waals surface area contributed by atoms with E-state index in [1.165, 1.54) is 25.9 Å². The van der Waals surface area contributed by atoms with Crippen LogP contribution in [0.1, 0.15) is 47.5 Å². The van der Waals surface area contributed by atoms with Crippen molar-refractivity contribution in [2.45, 2.75) is 47.5 Å². The second kappa shape index (κ2) is 7.30. The predicted octanol–water partition coefficient (Wildman–Crippen LogP) is 3.30. The highest BCUT2D eigenvalue weighted by Crippen LogP contribution is 2.29. The van der Waals surface area contributed by atoms with E-state index in [2.05, 4.69) is 50.9 Å². The van der Waals surface area contributed by atoms with Crippen molar-refractivity contribution in [3.63, 3.8) is 0 Å². The van der Waals surface area contributed by atoms with Crippen molar-refractivity contribution in [1.82, 2.24) is 10.2 Å². The lowest BCUT2D eigenvalue weighted by Gasteiger charge is -2.32. The molecule has 1 rings (SSSR count). The van der Waals surface area contributed by atoms with Gasteiger partial charge in [-0.2, -0.15) is 0 Å². The maximum Gasteiger partial charge on any atom is 0.0166 e. The molecule has 0 amide bonds. The number of hydrogen-bond acceptors (Lipinski definition) is 2. The summed E-state index contributed by atoms with van der Waals surface area (Å²) in [6.45, 7) is 17.4. The third-order valence-corrected chi connectivity index (χ3v) is 3.64. The molecule has 1 aliphatic rings. The fourth-order valence-corrected chi connectivity index (χ4v) is 2.41. The lowest BCUT2D eigenvalue weighted by Crippen LogP contribution is -2.33. The second-order valence-corrected chi connectivity index (χ2v) is 6.98. The zero-order valence-corrected chi connectivity index (χ0v) is 13.1. The molecular formula is C16H32N2. The lowest BCUT2D eigenvalue weighted by atomic mass is 9.83. The molecule has 0 fully saturated rings. The Morgan fingerprint density at radius 2 is 2.06 bits per heavy atom. The Morgan fingerprint density at radius 3 is 2.56 bits per heavy atom. The summed E-state index contributed by atoms with van der Waals surface area (Å²) in [5.74, 6) is 0.761. The highest BCUT2D eigenvalue weighted by Gasteiger charge is 2.20. The first-order valence-corrected chi connectivity index (χ1v) is 7.52. The van der Waals surface area contributed by atoms with Gasteiger partial charge >= 0.3 is 0 Å². The van der Waals surface area contributed by atoms with Gasteiger partial charge in [0.25, 0.3) is 0 Å². The standard InChI is InChI=1S/C16H32N2/c1-14(2)13-17-9-6-10-18-11-7-15(8-12-18)16(3,4)5/h7,14,17H,6,8-13H2,1-5H3. The third-order valence-electron chi connectivity index (χ3n) is 3.64. The first kappa shape index (κ1) is 15.7. The minimum Gasteiger partial charge on any atom is -0.316 e. The Labute approximate surface area is 114 Å². The molecule has 0 aromatic carbocycles. The molecule has 0 spiro atoms. The van der Waals surface area contributed by atoms with Gasteiger partial charge < -0.3 is 5.32 Å². The van der Waals surface area contributed by atoms with E-state index in [-0.39, 0.29) is 0 Å². The molecule has 2 nitrogen and oxygen atoms in total. The van der Waals surface area contributed by atoms with Gasteiger partial charge in [0, 0.05) is 13.1 Å². The van der Waals surface area contributed by atoms with Crippen LogP contribution in [0.3, 0.4) is 0 Å². The van der Waals surface area contributed by atoms with Crippen LogP contribution in [-0.4, -0.2) is 37.6 Å². The van der Waals surface area contributed by atoms with Crippen LogP contribution in [0.2, 0.25) is 0 Å². The van der Waals surface area contributed by atoms with Crippen LogP contribution in [0, 0.1) is 11.3 Å². The van der Waals surface area contributed by atoms with Crippen molar-refractivity contribution < 1.29 is 0 Å². The molecule has 0 bridgehead atoms. The van der Waals surface area contributed by atoms with Crippen molar-refractivity contribution in [2.75, 3.05) is 32.7 Å². The van der Waals surface area contributed by atoms with Crippen LogP contribution < -0.4 is 5.32 Å². The molecule has 0 unspecified atom stereocenters. The molecule has 2 heteroatoms. The number of rotatable bonds is 6. The largest absolute Gasteiger partial charge is 0.316 e. The predicted molar refractivity (Wildman–Crippen MR) is 80.9 cm³/mol. The highest BCUT2D eigenvalue weighted by atomic mass is 15.1. The van der Waals surface area contributed by atoms with Gasteiger partial charge in [-0.3, -0.25) is 4.90 Å². The SMILES string of the molecule is CC(C)CNCCCN1CC=C(C(C)(C)C)CC1. The van der Waals surface area contributed by atoms with Gasteiger partial charge in [-0.25, -0.2) is 0 Å². The molecule has 0 saturated heterocycles. The molecular weight excluding hydrogens is 220 g/mol. The molecule has 0 aromatic heterocycles. The normalized spacial score (nSPS) is 18.2. The number of nitrogens with one attached hydrogen (secondary N) is 1. The molecule has 0 aliphatic carbocycles. The summed E-state index contributed by atoms with van der Waals surface area (Å²) in [4.78, 5) is 2.58. The fourth-order valence-electron chi connectivity index (χ4n) is 2.41. The second-order valence-electron chi connectivity index (χ2n) is 6.98. The maximum atomic E-state index is 3.52. The molecule has 106 valence electrons. The minimum atomic E-state index is 0.366. The smallest absolute Gasteiger partial charge is 0.0166 e. The van der Waals surface area contributed by atoms with E-state index in [9.17, 15) is 0 Å². The quantitative estimate of drug-likeness (QED) is 0.576. The summed E-state index contributed by atoms with van der Waals surface area (Å²) in [5.41, 5.74) is 2.00. The van der Waals surface area contributed by atoms with Gasteiger partial charge in [0.15, 0.2) is 0 Å². The van der Waals surface area contributed by atoms with Crippen molar-refractivity contribution >= 4 is 0 Å². The van der Waals surface area contributed by atoms with Crippen molar-refractivity contribution in [1.29, 1.82) is 0 Å². The van der Waals surface area contributed by atoms with Gasteiger partial charge in [0.2, 0.25) is 0 Å². The first-order valence-electron chi connectivity index (χ1n) is 7.52. The van der Waals surface area contributed by atoms with E-state index < -0.39 is 0 Å². The maximum absolute atomic E-state index is 3.52. The summed E-state index contributed by atoms with van der Waals surface area (Å²) >= 11 is 0. The lowest BCUT2D eigenvalue weighted by molar-refractivity contribution is 0.274. The summed E-state index contributed by atoms with van der Waals surface area (Å²) in [5, 5.41) is 3.52. The monoisotopic (exact) mass is 252 g/mol. The van der Waals surface area contributed by atoms with Crippen LogP contribution in [0.4, 0.5) is 0 Å². The summed E-state index contributed by atoms with van der Waals surface area (Å²) in [6.07, 6.45) is 4.97. The van der Waals surface area contributed by atoms with Crippen LogP contribution >= 0.6 is 0 Å². The van der Waals surface area contributed by atoms with E-state index in [4.69, 9.17) is 0 Å². The van der Waals surface area contributed by atoms with Gasteiger partial charge in [-0.15, -0.1) is 0 Å². The molecule has 1 heterocycles. The summed E-state index contributed by atoms with van der Waals surface area (Å²) < 4.78 is 0. The highest BCUT2D eigenvalue weighted by molar-refractivity contribution is 5.14. The van der Waals surface area contributed by atoms with Gasteiger partial charge in [-0.05, 0) is 43.8 Å². The third kappa shape index (κ3) is 6.01. The van der Waals surface area contributed by atoms with E-state index in [0.29, 0.717) is 5.41 Å². The molecule has 0 saturated carbocycles. The average molecular weight is 252 g/mol. The van der Waals surface area contributed by atoms with E-state index in [0.717, 1.165) is 25.6 Å². The Kier molecular flexibility index (Phi) is 6.37. The van der Waals surface area contributed by atoms with Gasteiger partial charge in [0.1, 0.15) is 0 Å². The van der Waals surface area contributed by atoms with Gasteiger partial charge in [-0.1, -0.05) is 46.3 Å². The zero-order valence-electron chi connectivity index (χ0n) is 13.1. The fraction of sp³-hybridized carbons (Fsp3) is 0.875. The zero-order chi connectivity index (χ0) is 13.6. The van der Waals surface area contributed by atoms with Crippen LogP contribution in [-0.2, 0) is 0 Å². The van der Waals surface area contributed by atoms with Crippen molar-refractivity contribution in [3.8, 4) is 0 Å². The Balaban J connectivity index is 2.14. The van der Waals surface area contributed by atoms with E-state index in [1.807, 2.05) is 0 Å². The molecule has 0 aromatic rings. The molecule has 1 aliphatic heterocycles. The Bertz CT molecular complexity index is 261. The van der Waals surface area contributed by atoms with Gasteiger partial charge in [0.05, 0.1) is 0 Å². The van der Waals surface area contributed by atoms with Crippen molar-refractivity contribution in [2.24, 2.45) is 11.3 Å². The summed E-state index contributed by atoms with van der Waals surface area (Å²) in [6, 6.07) is 0. The topological polar surface area (TPSA) is 15.3 Å². The van der Waals surface area contributed by atoms with Crippen LogP contribution in [0.5, 0.6) is 0 Å². The minimum absolute atomic E-state index is 0.366. The Hall–Kier alpha value is -0.340. The van der Waals surface area contributed by atoms with E-state index in [1.54, 1.807) is 5.57 Å². The molecule has 0 radical (unpaired) electrons.